The molecule has 0 radical (unpaired) electrons. The van der Waals surface area contributed by atoms with E-state index < -0.39 is 0 Å². The Morgan fingerprint density at radius 2 is 1.75 bits per heavy atom. The molecule has 0 atom stereocenters. The third-order valence-corrected chi connectivity index (χ3v) is 3.22. The van der Waals surface area contributed by atoms with E-state index in [0.717, 1.165) is 19.5 Å². The zero-order chi connectivity index (χ0) is 14.4. The second-order valence-electron chi connectivity index (χ2n) is 4.47. The predicted molar refractivity (Wildman–Crippen MR) is 77.2 cm³/mol. The maximum atomic E-state index is 5.82. The Balaban J connectivity index is 2.13. The molecule has 0 bridgehead atoms. The van der Waals surface area contributed by atoms with Gasteiger partial charge in [-0.25, -0.2) is 0 Å². The van der Waals surface area contributed by atoms with Crippen LogP contribution in [0.4, 0.5) is 0 Å². The number of ether oxygens (including phenoxy) is 4. The van der Waals surface area contributed by atoms with Gasteiger partial charge in [0, 0.05) is 18.7 Å². The molecule has 110 valence electrons. The van der Waals surface area contributed by atoms with Crippen molar-refractivity contribution in [1.82, 2.24) is 5.32 Å². The first-order chi connectivity index (χ1) is 9.78. The van der Waals surface area contributed by atoms with Crippen LogP contribution in [0.2, 0.25) is 0 Å². The van der Waals surface area contributed by atoms with Gasteiger partial charge in [-0.2, -0.15) is 0 Å². The minimum Gasteiger partial charge on any atom is -0.493 e. The van der Waals surface area contributed by atoms with E-state index in [0.29, 0.717) is 29.6 Å². The predicted octanol–water partition coefficient (Wildman–Crippen LogP) is 2.01. The van der Waals surface area contributed by atoms with E-state index >= 15 is 0 Å². The summed E-state index contributed by atoms with van der Waals surface area (Å²) < 4.78 is 21.7. The second-order valence-corrected chi connectivity index (χ2v) is 4.47. The van der Waals surface area contributed by atoms with Crippen molar-refractivity contribution in [3.8, 4) is 23.0 Å². The third kappa shape index (κ3) is 3.36. The number of hydrogen-bond acceptors (Lipinski definition) is 5. The molecule has 0 amide bonds. The summed E-state index contributed by atoms with van der Waals surface area (Å²) in [6.45, 7) is 2.50. The van der Waals surface area contributed by atoms with Gasteiger partial charge in [-0.1, -0.05) is 6.08 Å². The fourth-order valence-electron chi connectivity index (χ4n) is 2.12. The van der Waals surface area contributed by atoms with Gasteiger partial charge in [0.2, 0.25) is 5.75 Å². The molecule has 0 saturated carbocycles. The lowest BCUT2D eigenvalue weighted by Gasteiger charge is -2.17. The first kappa shape index (κ1) is 14.5. The van der Waals surface area contributed by atoms with Gasteiger partial charge in [-0.05, 0) is 18.5 Å². The van der Waals surface area contributed by atoms with E-state index in [1.54, 1.807) is 21.3 Å². The molecule has 2 rings (SSSR count). The molecule has 1 aromatic carbocycles. The van der Waals surface area contributed by atoms with Crippen molar-refractivity contribution >= 4 is 0 Å². The Hall–Kier alpha value is -1.88. The maximum Gasteiger partial charge on any atom is 0.203 e. The van der Waals surface area contributed by atoms with Crippen LogP contribution in [0.15, 0.2) is 23.8 Å². The van der Waals surface area contributed by atoms with Crippen LogP contribution >= 0.6 is 0 Å². The van der Waals surface area contributed by atoms with Gasteiger partial charge in [0.25, 0.3) is 0 Å². The topological polar surface area (TPSA) is 49.0 Å². The summed E-state index contributed by atoms with van der Waals surface area (Å²) in [5.41, 5.74) is 1.30. The molecule has 5 nitrogen and oxygen atoms in total. The number of nitrogens with one attached hydrogen (secondary N) is 1. The maximum absolute atomic E-state index is 5.82. The molecule has 20 heavy (non-hydrogen) atoms. The molecule has 0 fully saturated rings. The number of hydrogen-bond donors (Lipinski definition) is 1. The minimum absolute atomic E-state index is 0.573. The highest BCUT2D eigenvalue weighted by Gasteiger charge is 2.14. The van der Waals surface area contributed by atoms with E-state index in [1.165, 1.54) is 5.57 Å². The molecule has 1 N–H and O–H groups in total. The van der Waals surface area contributed by atoms with Crippen molar-refractivity contribution in [2.24, 2.45) is 0 Å². The van der Waals surface area contributed by atoms with Gasteiger partial charge in [0.05, 0.1) is 21.3 Å². The highest BCUT2D eigenvalue weighted by Crippen LogP contribution is 2.40. The minimum atomic E-state index is 0.573. The molecule has 0 saturated heterocycles. The molecule has 1 aliphatic heterocycles. The molecule has 0 unspecified atom stereocenters. The largest absolute Gasteiger partial charge is 0.493 e. The van der Waals surface area contributed by atoms with Crippen LogP contribution in [0.5, 0.6) is 23.0 Å². The summed E-state index contributed by atoms with van der Waals surface area (Å²) in [5.74, 6) is 2.48. The molecule has 5 heteroatoms. The van der Waals surface area contributed by atoms with E-state index in [9.17, 15) is 0 Å². The Kier molecular flexibility index (Phi) is 5.12. The van der Waals surface area contributed by atoms with Crippen molar-refractivity contribution in [2.45, 2.75) is 6.42 Å². The smallest absolute Gasteiger partial charge is 0.203 e. The summed E-state index contributed by atoms with van der Waals surface area (Å²) in [4.78, 5) is 0. The third-order valence-electron chi connectivity index (χ3n) is 3.22. The molecule has 1 aromatic rings. The fourth-order valence-corrected chi connectivity index (χ4v) is 2.12. The van der Waals surface area contributed by atoms with Crippen molar-refractivity contribution in [3.05, 3.63) is 23.8 Å². The zero-order valence-electron chi connectivity index (χ0n) is 12.2. The van der Waals surface area contributed by atoms with Crippen LogP contribution in [0.3, 0.4) is 0 Å². The van der Waals surface area contributed by atoms with Gasteiger partial charge in [0.1, 0.15) is 12.4 Å². The van der Waals surface area contributed by atoms with E-state index in [1.807, 2.05) is 12.1 Å². The highest BCUT2D eigenvalue weighted by molar-refractivity contribution is 5.55. The lowest BCUT2D eigenvalue weighted by molar-refractivity contribution is 0.309. The zero-order valence-corrected chi connectivity index (χ0v) is 12.2. The lowest BCUT2D eigenvalue weighted by Crippen LogP contribution is -2.22. The Bertz CT molecular complexity index is 460. The van der Waals surface area contributed by atoms with Crippen molar-refractivity contribution in [2.75, 3.05) is 41.0 Å². The molecule has 0 aromatic heterocycles. The Morgan fingerprint density at radius 3 is 2.25 bits per heavy atom. The molecule has 1 aliphatic rings. The second kappa shape index (κ2) is 7.05. The normalized spacial score (nSPS) is 14.4. The van der Waals surface area contributed by atoms with Gasteiger partial charge in [-0.3, -0.25) is 0 Å². The monoisotopic (exact) mass is 279 g/mol. The Labute approximate surface area is 119 Å². The fraction of sp³-hybridized carbons (Fsp3) is 0.467. The average Bonchev–Trinajstić information content (AvgIpc) is 2.52. The standard InChI is InChI=1S/C15H21NO4/c1-17-13-8-12(9-14(18-2)15(13)19-3)20-10-11-4-6-16-7-5-11/h4,8-9,16H,5-7,10H2,1-3H3. The van der Waals surface area contributed by atoms with Crippen LogP contribution in [-0.2, 0) is 0 Å². The first-order valence-corrected chi connectivity index (χ1v) is 6.60. The van der Waals surface area contributed by atoms with E-state index in [4.69, 9.17) is 18.9 Å². The molecule has 1 heterocycles. The lowest BCUT2D eigenvalue weighted by atomic mass is 10.1. The van der Waals surface area contributed by atoms with Crippen LogP contribution < -0.4 is 24.3 Å². The molecule has 0 aliphatic carbocycles. The van der Waals surface area contributed by atoms with E-state index in [2.05, 4.69) is 11.4 Å². The SMILES string of the molecule is COc1cc(OCC2=CCNCC2)cc(OC)c1OC. The van der Waals surface area contributed by atoms with Gasteiger partial charge in [0.15, 0.2) is 11.5 Å². The van der Waals surface area contributed by atoms with Gasteiger partial charge >= 0.3 is 0 Å². The Morgan fingerprint density at radius 1 is 1.05 bits per heavy atom. The van der Waals surface area contributed by atoms with Crippen LogP contribution in [-0.4, -0.2) is 41.0 Å². The summed E-state index contributed by atoms with van der Waals surface area (Å²) >= 11 is 0. The summed E-state index contributed by atoms with van der Waals surface area (Å²) in [6, 6.07) is 3.62. The molecule has 0 spiro atoms. The molecular weight excluding hydrogens is 258 g/mol. The quantitative estimate of drug-likeness (QED) is 0.807. The highest BCUT2D eigenvalue weighted by atomic mass is 16.5. The van der Waals surface area contributed by atoms with E-state index in [-0.39, 0.29) is 0 Å². The van der Waals surface area contributed by atoms with Crippen molar-refractivity contribution < 1.29 is 18.9 Å². The van der Waals surface area contributed by atoms with Crippen LogP contribution in [0.25, 0.3) is 0 Å². The number of rotatable bonds is 6. The number of methoxy groups -OCH3 is 3. The summed E-state index contributed by atoms with van der Waals surface area (Å²) in [5, 5.41) is 3.28. The summed E-state index contributed by atoms with van der Waals surface area (Å²) in [6.07, 6.45) is 3.19. The van der Waals surface area contributed by atoms with Crippen molar-refractivity contribution in [3.63, 3.8) is 0 Å². The van der Waals surface area contributed by atoms with Gasteiger partial charge < -0.3 is 24.3 Å². The molecular formula is C15H21NO4. The first-order valence-electron chi connectivity index (χ1n) is 6.60. The summed E-state index contributed by atoms with van der Waals surface area (Å²) in [7, 11) is 4.77. The van der Waals surface area contributed by atoms with Crippen molar-refractivity contribution in [1.29, 1.82) is 0 Å². The number of benzene rings is 1. The van der Waals surface area contributed by atoms with Gasteiger partial charge in [-0.15, -0.1) is 0 Å². The van der Waals surface area contributed by atoms with Crippen LogP contribution in [0, 0.1) is 0 Å². The van der Waals surface area contributed by atoms with Crippen LogP contribution in [0.1, 0.15) is 6.42 Å². The average molecular weight is 279 g/mol.